The van der Waals surface area contributed by atoms with Crippen molar-refractivity contribution in [3.05, 3.63) is 51.0 Å². The first-order chi connectivity index (χ1) is 19.5. The van der Waals surface area contributed by atoms with Crippen LogP contribution in [0.25, 0.3) is 0 Å². The van der Waals surface area contributed by atoms with Gasteiger partial charge in [-0.25, -0.2) is 4.39 Å². The minimum Gasteiger partial charge on any atom is -0.481 e. The van der Waals surface area contributed by atoms with Gasteiger partial charge in [0.1, 0.15) is 5.82 Å². The Labute approximate surface area is 250 Å². The molecule has 1 unspecified atom stereocenters. The molecule has 3 fully saturated rings. The van der Waals surface area contributed by atoms with Crippen LogP contribution in [0.3, 0.4) is 0 Å². The average Bonchev–Trinajstić information content (AvgIpc) is 3.33. The number of hydrogen-bond donors (Lipinski definition) is 1. The molecule has 1 aromatic heterocycles. The summed E-state index contributed by atoms with van der Waals surface area (Å²) < 4.78 is 58.6. The van der Waals surface area contributed by atoms with Gasteiger partial charge < -0.3 is 10.0 Å². The standard InChI is InChI=1S/C29H31Cl2F4N3O4/c1-27(2)17-10-15(11-18(17)27)37(13-21(39)22-19(30)4-5-20(32)23(22)31)25(40)16-12-36-38(24(16)29(33,34)35)14-6-8-28(3,9-7-14)26(41)42/h4-5,12,14-15,17-18H,6-11,13H2,1-3H3,(H,41,42)/t14?,15?,17-,18+,28?. The van der Waals surface area contributed by atoms with Gasteiger partial charge >= 0.3 is 12.1 Å². The van der Waals surface area contributed by atoms with E-state index in [1.54, 1.807) is 6.92 Å². The fraction of sp³-hybridized carbons (Fsp3) is 0.586. The van der Waals surface area contributed by atoms with E-state index in [1.165, 1.54) is 0 Å². The Morgan fingerprint density at radius 3 is 2.24 bits per heavy atom. The maximum absolute atomic E-state index is 14.6. The largest absolute Gasteiger partial charge is 0.481 e. The molecule has 7 nitrogen and oxygen atoms in total. The zero-order valence-corrected chi connectivity index (χ0v) is 24.8. The Morgan fingerprint density at radius 1 is 1.10 bits per heavy atom. The lowest BCUT2D eigenvalue weighted by Gasteiger charge is -2.35. The summed E-state index contributed by atoms with van der Waals surface area (Å²) in [4.78, 5) is 40.1. The number of nitrogens with zero attached hydrogens (tertiary/aromatic N) is 3. The molecule has 2 aromatic rings. The summed E-state index contributed by atoms with van der Waals surface area (Å²) in [5.74, 6) is -3.20. The molecule has 1 aromatic carbocycles. The van der Waals surface area contributed by atoms with Crippen LogP contribution in [0.2, 0.25) is 10.0 Å². The minimum absolute atomic E-state index is 0.0395. The van der Waals surface area contributed by atoms with Crippen molar-refractivity contribution >= 4 is 40.9 Å². The molecule has 3 aliphatic rings. The second-order valence-corrected chi connectivity index (χ2v) is 13.5. The first kappa shape index (κ1) is 30.8. The van der Waals surface area contributed by atoms with E-state index >= 15 is 0 Å². The summed E-state index contributed by atoms with van der Waals surface area (Å²) in [5.41, 5.74) is -3.28. The van der Waals surface area contributed by atoms with Crippen molar-refractivity contribution in [2.24, 2.45) is 22.7 Å². The van der Waals surface area contributed by atoms with E-state index in [4.69, 9.17) is 23.2 Å². The van der Waals surface area contributed by atoms with Gasteiger partial charge in [0.2, 0.25) is 0 Å². The molecule has 3 saturated carbocycles. The van der Waals surface area contributed by atoms with Crippen LogP contribution in [0, 0.1) is 28.5 Å². The highest BCUT2D eigenvalue weighted by Gasteiger charge is 2.63. The smallest absolute Gasteiger partial charge is 0.433 e. The Morgan fingerprint density at radius 2 is 1.69 bits per heavy atom. The van der Waals surface area contributed by atoms with Gasteiger partial charge in [0, 0.05) is 6.04 Å². The van der Waals surface area contributed by atoms with Gasteiger partial charge in [-0.05, 0) is 74.8 Å². The molecule has 0 spiro atoms. The molecule has 3 aliphatic carbocycles. The number of ketones is 1. The second-order valence-electron chi connectivity index (χ2n) is 12.7. The molecule has 13 heteroatoms. The van der Waals surface area contributed by atoms with Crippen molar-refractivity contribution in [1.29, 1.82) is 0 Å². The second kappa shape index (κ2) is 10.5. The lowest BCUT2D eigenvalue weighted by molar-refractivity contribution is -0.152. The zero-order valence-electron chi connectivity index (χ0n) is 23.3. The fourth-order valence-corrected chi connectivity index (χ4v) is 7.63. The summed E-state index contributed by atoms with van der Waals surface area (Å²) in [6.45, 7) is 5.10. The quantitative estimate of drug-likeness (QED) is 0.196. The minimum atomic E-state index is -4.96. The van der Waals surface area contributed by atoms with Crippen LogP contribution >= 0.6 is 23.2 Å². The van der Waals surface area contributed by atoms with Crippen molar-refractivity contribution in [2.75, 3.05) is 6.54 Å². The van der Waals surface area contributed by atoms with Gasteiger partial charge in [-0.2, -0.15) is 18.3 Å². The van der Waals surface area contributed by atoms with Gasteiger partial charge in [0.25, 0.3) is 5.91 Å². The molecule has 0 radical (unpaired) electrons. The van der Waals surface area contributed by atoms with Crippen LogP contribution in [-0.4, -0.2) is 50.0 Å². The number of benzene rings is 1. The lowest BCUT2D eigenvalue weighted by atomic mass is 9.74. The van der Waals surface area contributed by atoms with Crippen LogP contribution in [0.1, 0.15) is 91.7 Å². The predicted molar refractivity (Wildman–Crippen MR) is 146 cm³/mol. The van der Waals surface area contributed by atoms with Crippen molar-refractivity contribution < 1.29 is 37.1 Å². The number of amides is 1. The van der Waals surface area contributed by atoms with Crippen LogP contribution < -0.4 is 0 Å². The SMILES string of the molecule is CC1(C(=O)O)CCC(n2ncc(C(=O)N(CC(=O)c3c(Cl)ccc(F)c3Cl)C3C[C@@H]4[C@H](C3)C4(C)C)c2C(F)(F)F)CC1. The van der Waals surface area contributed by atoms with E-state index in [-0.39, 0.29) is 53.5 Å². The molecule has 1 amide bonds. The molecule has 42 heavy (non-hydrogen) atoms. The average molecular weight is 632 g/mol. The van der Waals surface area contributed by atoms with Crippen LogP contribution in [0.15, 0.2) is 18.3 Å². The zero-order chi connectivity index (χ0) is 30.9. The molecule has 1 N–H and O–H groups in total. The van der Waals surface area contributed by atoms with Crippen LogP contribution in [0.5, 0.6) is 0 Å². The molecular formula is C29H31Cl2F4N3O4. The number of alkyl halides is 3. The first-order valence-electron chi connectivity index (χ1n) is 13.8. The van der Waals surface area contributed by atoms with Gasteiger partial charge in [0.15, 0.2) is 11.5 Å². The molecule has 1 heterocycles. The maximum atomic E-state index is 14.6. The summed E-state index contributed by atoms with van der Waals surface area (Å²) in [7, 11) is 0. The third-order valence-corrected chi connectivity index (χ3v) is 10.6. The molecular weight excluding hydrogens is 601 g/mol. The number of Topliss-reactive ketones (excluding diaryl/α,β-unsaturated/α-hetero) is 1. The molecule has 0 bridgehead atoms. The highest BCUT2D eigenvalue weighted by atomic mass is 35.5. The maximum Gasteiger partial charge on any atom is 0.433 e. The summed E-state index contributed by atoms with van der Waals surface area (Å²) in [6, 6.07) is 0.868. The topological polar surface area (TPSA) is 92.5 Å². The predicted octanol–water partition coefficient (Wildman–Crippen LogP) is 7.31. The first-order valence-corrected chi connectivity index (χ1v) is 14.6. The van der Waals surface area contributed by atoms with Gasteiger partial charge in [-0.3, -0.25) is 19.1 Å². The monoisotopic (exact) mass is 631 g/mol. The number of fused-ring (bicyclic) bond motifs is 1. The summed E-state index contributed by atoms with van der Waals surface area (Å²) in [6.07, 6.45) is -2.48. The van der Waals surface area contributed by atoms with E-state index < -0.39 is 70.0 Å². The number of hydrogen-bond acceptors (Lipinski definition) is 4. The van der Waals surface area contributed by atoms with E-state index in [2.05, 4.69) is 18.9 Å². The van der Waals surface area contributed by atoms with Crippen molar-refractivity contribution in [3.8, 4) is 0 Å². The molecule has 0 saturated heterocycles. The number of aromatic nitrogens is 2. The van der Waals surface area contributed by atoms with Crippen molar-refractivity contribution in [2.45, 2.75) is 77.6 Å². The molecule has 3 atom stereocenters. The van der Waals surface area contributed by atoms with Gasteiger partial charge in [0.05, 0.1) is 45.4 Å². The highest BCUT2D eigenvalue weighted by Crippen LogP contribution is 2.67. The van der Waals surface area contributed by atoms with Crippen molar-refractivity contribution in [1.82, 2.24) is 14.7 Å². The normalized spacial score (nSPS) is 28.3. The number of halogens is 6. The summed E-state index contributed by atoms with van der Waals surface area (Å²) in [5, 5.41) is 12.8. The molecule has 0 aliphatic heterocycles. The Balaban J connectivity index is 1.49. The van der Waals surface area contributed by atoms with Gasteiger partial charge in [-0.1, -0.05) is 37.0 Å². The molecule has 5 rings (SSSR count). The number of carboxylic acids is 1. The third kappa shape index (κ3) is 5.20. The van der Waals surface area contributed by atoms with Crippen LogP contribution in [0.4, 0.5) is 17.6 Å². The van der Waals surface area contributed by atoms with Crippen molar-refractivity contribution in [3.63, 3.8) is 0 Å². The van der Waals surface area contributed by atoms with Gasteiger partial charge in [-0.15, -0.1) is 0 Å². The highest BCUT2D eigenvalue weighted by molar-refractivity contribution is 6.40. The Hall–Kier alpha value is -2.66. The fourth-order valence-electron chi connectivity index (χ4n) is 7.04. The Kier molecular flexibility index (Phi) is 7.70. The number of aliphatic carboxylic acids is 1. The third-order valence-electron chi connectivity index (χ3n) is 9.89. The number of carboxylic acid groups (broad SMARTS) is 1. The lowest BCUT2D eigenvalue weighted by Crippen LogP contribution is -2.44. The van der Waals surface area contributed by atoms with E-state index in [1.807, 2.05) is 0 Å². The van der Waals surface area contributed by atoms with Crippen LogP contribution in [-0.2, 0) is 11.0 Å². The van der Waals surface area contributed by atoms with E-state index in [0.717, 1.165) is 27.9 Å². The Bertz CT molecular complexity index is 1430. The number of carbonyl (C=O) groups excluding carboxylic acids is 2. The van der Waals surface area contributed by atoms with E-state index in [9.17, 15) is 37.1 Å². The number of carbonyl (C=O) groups is 3. The molecule has 228 valence electrons. The van der Waals surface area contributed by atoms with E-state index in [0.29, 0.717) is 12.8 Å². The number of rotatable bonds is 7. The summed E-state index contributed by atoms with van der Waals surface area (Å²) >= 11 is 12.2.